The van der Waals surface area contributed by atoms with E-state index in [2.05, 4.69) is 25.1 Å². The summed E-state index contributed by atoms with van der Waals surface area (Å²) in [4.78, 5) is 1.34. The van der Waals surface area contributed by atoms with Gasteiger partial charge < -0.3 is 5.73 Å². The molecule has 0 aliphatic heterocycles. The Bertz CT molecular complexity index is 337. The van der Waals surface area contributed by atoms with E-state index < -0.39 is 0 Å². The van der Waals surface area contributed by atoms with Gasteiger partial charge in [-0.1, -0.05) is 32.3 Å². The van der Waals surface area contributed by atoms with Crippen LogP contribution in [0.1, 0.15) is 39.0 Å². The maximum atomic E-state index is 5.82. The second-order valence-corrected chi connectivity index (χ2v) is 5.99. The van der Waals surface area contributed by atoms with Crippen LogP contribution in [0.25, 0.3) is 0 Å². The summed E-state index contributed by atoms with van der Waals surface area (Å²) in [5, 5.41) is 0.806. The molecule has 2 atom stereocenters. The predicted octanol–water partition coefficient (Wildman–Crippen LogP) is 4.33. The number of benzene rings is 1. The second kappa shape index (κ2) is 5.62. The molecule has 0 heterocycles. The first-order valence-corrected chi connectivity index (χ1v) is 7.19. The van der Waals surface area contributed by atoms with Crippen LogP contribution in [0.3, 0.4) is 0 Å². The molecule has 2 unspecified atom stereocenters. The Hall–Kier alpha value is -0.630. The maximum Gasteiger partial charge on any atom is 0.0325 e. The molecule has 16 heavy (non-hydrogen) atoms. The van der Waals surface area contributed by atoms with Gasteiger partial charge in [0.2, 0.25) is 0 Å². The summed E-state index contributed by atoms with van der Waals surface area (Å²) in [7, 11) is 0. The third-order valence-electron chi connectivity index (χ3n) is 3.51. The molecule has 1 fully saturated rings. The van der Waals surface area contributed by atoms with Crippen molar-refractivity contribution in [1.82, 2.24) is 0 Å². The minimum Gasteiger partial charge on any atom is -0.399 e. The highest BCUT2D eigenvalue weighted by Gasteiger charge is 2.24. The van der Waals surface area contributed by atoms with Gasteiger partial charge in [0.25, 0.3) is 0 Å². The molecule has 1 saturated carbocycles. The molecular formula is C14H21NS. The Morgan fingerprint density at radius 3 is 2.88 bits per heavy atom. The fourth-order valence-electron chi connectivity index (χ4n) is 2.56. The van der Waals surface area contributed by atoms with Crippen LogP contribution in [0.5, 0.6) is 0 Å². The summed E-state index contributed by atoms with van der Waals surface area (Å²) in [6, 6.07) is 8.30. The standard InChI is InChI=1S/C14H21NS/c1-2-11-6-3-4-9-14(11)16-13-8-5-7-12(15)10-13/h5,7-8,10-11,14H,2-4,6,9,15H2,1H3. The zero-order valence-electron chi connectivity index (χ0n) is 9.99. The molecule has 88 valence electrons. The van der Waals surface area contributed by atoms with Crippen molar-refractivity contribution in [3.63, 3.8) is 0 Å². The maximum absolute atomic E-state index is 5.82. The minimum atomic E-state index is 0.806. The van der Waals surface area contributed by atoms with Crippen molar-refractivity contribution in [3.05, 3.63) is 24.3 Å². The lowest BCUT2D eigenvalue weighted by atomic mass is 9.87. The first-order valence-electron chi connectivity index (χ1n) is 6.32. The molecule has 1 aliphatic rings. The lowest BCUT2D eigenvalue weighted by Crippen LogP contribution is -2.20. The summed E-state index contributed by atoms with van der Waals surface area (Å²) in [5.41, 5.74) is 6.70. The number of anilines is 1. The number of hydrogen-bond acceptors (Lipinski definition) is 2. The summed E-state index contributed by atoms with van der Waals surface area (Å²) in [5.74, 6) is 0.903. The SMILES string of the molecule is CCC1CCCCC1Sc1cccc(N)c1. The van der Waals surface area contributed by atoms with E-state index in [9.17, 15) is 0 Å². The van der Waals surface area contributed by atoms with Gasteiger partial charge in [-0.05, 0) is 37.0 Å². The summed E-state index contributed by atoms with van der Waals surface area (Å²) >= 11 is 2.03. The largest absolute Gasteiger partial charge is 0.399 e. The van der Waals surface area contributed by atoms with Crippen molar-refractivity contribution in [1.29, 1.82) is 0 Å². The minimum absolute atomic E-state index is 0.806. The molecule has 2 rings (SSSR count). The van der Waals surface area contributed by atoms with Gasteiger partial charge in [-0.15, -0.1) is 11.8 Å². The third-order valence-corrected chi connectivity index (χ3v) is 4.96. The van der Waals surface area contributed by atoms with E-state index in [0.29, 0.717) is 0 Å². The number of thioether (sulfide) groups is 1. The van der Waals surface area contributed by atoms with Crippen LogP contribution in [-0.2, 0) is 0 Å². The average molecular weight is 235 g/mol. The first kappa shape index (κ1) is 11.8. The van der Waals surface area contributed by atoms with E-state index in [1.165, 1.54) is 37.0 Å². The van der Waals surface area contributed by atoms with Gasteiger partial charge in [-0.25, -0.2) is 0 Å². The summed E-state index contributed by atoms with van der Waals surface area (Å²) in [6.07, 6.45) is 6.93. The van der Waals surface area contributed by atoms with E-state index in [-0.39, 0.29) is 0 Å². The van der Waals surface area contributed by atoms with Crippen LogP contribution in [0.2, 0.25) is 0 Å². The highest BCUT2D eigenvalue weighted by Crippen LogP contribution is 2.39. The molecule has 1 aromatic rings. The predicted molar refractivity (Wildman–Crippen MR) is 72.7 cm³/mol. The third kappa shape index (κ3) is 2.94. The van der Waals surface area contributed by atoms with Gasteiger partial charge in [0.05, 0.1) is 0 Å². The monoisotopic (exact) mass is 235 g/mol. The second-order valence-electron chi connectivity index (χ2n) is 4.68. The molecular weight excluding hydrogens is 214 g/mol. The quantitative estimate of drug-likeness (QED) is 0.789. The average Bonchev–Trinajstić information content (AvgIpc) is 2.30. The van der Waals surface area contributed by atoms with Crippen molar-refractivity contribution in [2.45, 2.75) is 49.2 Å². The topological polar surface area (TPSA) is 26.0 Å². The van der Waals surface area contributed by atoms with Gasteiger partial charge >= 0.3 is 0 Å². The van der Waals surface area contributed by atoms with Crippen LogP contribution in [0.4, 0.5) is 5.69 Å². The number of nitrogen functional groups attached to an aromatic ring is 1. The van der Waals surface area contributed by atoms with E-state index in [4.69, 9.17) is 5.73 Å². The molecule has 0 aromatic heterocycles. The van der Waals surface area contributed by atoms with Crippen LogP contribution in [-0.4, -0.2) is 5.25 Å². The van der Waals surface area contributed by atoms with E-state index in [0.717, 1.165) is 16.9 Å². The zero-order chi connectivity index (χ0) is 11.4. The Balaban J connectivity index is 2.02. The smallest absolute Gasteiger partial charge is 0.0325 e. The van der Waals surface area contributed by atoms with Gasteiger partial charge in [-0.3, -0.25) is 0 Å². The first-order chi connectivity index (χ1) is 7.79. The molecule has 0 radical (unpaired) electrons. The molecule has 1 aliphatic carbocycles. The van der Waals surface area contributed by atoms with Crippen molar-refractivity contribution >= 4 is 17.4 Å². The molecule has 2 N–H and O–H groups in total. The van der Waals surface area contributed by atoms with Gasteiger partial charge in [0.1, 0.15) is 0 Å². The van der Waals surface area contributed by atoms with E-state index in [1.54, 1.807) is 0 Å². The molecule has 0 bridgehead atoms. The van der Waals surface area contributed by atoms with Crippen LogP contribution in [0, 0.1) is 5.92 Å². The highest BCUT2D eigenvalue weighted by molar-refractivity contribution is 8.00. The Kier molecular flexibility index (Phi) is 4.16. The number of hydrogen-bond donors (Lipinski definition) is 1. The Morgan fingerprint density at radius 2 is 2.12 bits per heavy atom. The number of rotatable bonds is 3. The summed E-state index contributed by atoms with van der Waals surface area (Å²) in [6.45, 7) is 2.32. The highest BCUT2D eigenvalue weighted by atomic mass is 32.2. The van der Waals surface area contributed by atoms with Crippen LogP contribution >= 0.6 is 11.8 Å². The van der Waals surface area contributed by atoms with Crippen molar-refractivity contribution in [2.75, 3.05) is 5.73 Å². The molecule has 0 spiro atoms. The van der Waals surface area contributed by atoms with Crippen LogP contribution in [0.15, 0.2) is 29.2 Å². The Labute approximate surface area is 103 Å². The van der Waals surface area contributed by atoms with Gasteiger partial charge in [0.15, 0.2) is 0 Å². The van der Waals surface area contributed by atoms with Crippen molar-refractivity contribution in [3.8, 4) is 0 Å². The lowest BCUT2D eigenvalue weighted by molar-refractivity contribution is 0.361. The van der Waals surface area contributed by atoms with Crippen molar-refractivity contribution < 1.29 is 0 Å². The lowest BCUT2D eigenvalue weighted by Gasteiger charge is -2.30. The molecule has 0 saturated heterocycles. The molecule has 1 aromatic carbocycles. The summed E-state index contributed by atoms with van der Waals surface area (Å²) < 4.78 is 0. The number of nitrogens with two attached hydrogens (primary N) is 1. The Morgan fingerprint density at radius 1 is 1.31 bits per heavy atom. The molecule has 1 nitrogen and oxygen atoms in total. The van der Waals surface area contributed by atoms with Crippen LogP contribution < -0.4 is 5.73 Å². The molecule has 2 heteroatoms. The zero-order valence-corrected chi connectivity index (χ0v) is 10.8. The van der Waals surface area contributed by atoms with Gasteiger partial charge in [-0.2, -0.15) is 0 Å². The fraction of sp³-hybridized carbons (Fsp3) is 0.571. The normalized spacial score (nSPS) is 25.6. The fourth-order valence-corrected chi connectivity index (χ4v) is 4.07. The van der Waals surface area contributed by atoms with E-state index >= 15 is 0 Å². The van der Waals surface area contributed by atoms with Gasteiger partial charge in [0, 0.05) is 15.8 Å². The van der Waals surface area contributed by atoms with E-state index in [1.807, 2.05) is 17.8 Å². The molecule has 0 amide bonds. The van der Waals surface area contributed by atoms with Crippen molar-refractivity contribution in [2.24, 2.45) is 5.92 Å².